The fraction of sp³-hybridized carbons (Fsp3) is 0.0667. The number of halogens is 1. The van der Waals surface area contributed by atoms with Gasteiger partial charge >= 0.3 is 0 Å². The highest BCUT2D eigenvalue weighted by Gasteiger charge is 2.22. The van der Waals surface area contributed by atoms with Crippen molar-refractivity contribution in [2.45, 2.75) is 4.90 Å². The van der Waals surface area contributed by atoms with Crippen LogP contribution in [0.15, 0.2) is 53.2 Å². The SMILES string of the molecule is O=C1/C(=C/c2cccnc2)CSc2ccc(Cl)cc21. The van der Waals surface area contributed by atoms with Gasteiger partial charge in [-0.05, 0) is 35.9 Å². The van der Waals surface area contributed by atoms with E-state index in [0.29, 0.717) is 16.3 Å². The van der Waals surface area contributed by atoms with Crippen molar-refractivity contribution in [3.8, 4) is 0 Å². The Hall–Kier alpha value is -1.58. The smallest absolute Gasteiger partial charge is 0.191 e. The van der Waals surface area contributed by atoms with Gasteiger partial charge in [0.25, 0.3) is 0 Å². The van der Waals surface area contributed by atoms with Crippen LogP contribution in [0.25, 0.3) is 6.08 Å². The molecule has 2 heterocycles. The number of nitrogens with zero attached hydrogens (tertiary/aromatic N) is 1. The van der Waals surface area contributed by atoms with Crippen LogP contribution in [0.4, 0.5) is 0 Å². The minimum Gasteiger partial charge on any atom is -0.289 e. The number of carbonyl (C=O) groups is 1. The number of thioether (sulfide) groups is 1. The summed E-state index contributed by atoms with van der Waals surface area (Å²) in [6.07, 6.45) is 5.36. The van der Waals surface area contributed by atoms with Gasteiger partial charge in [-0.2, -0.15) is 0 Å². The van der Waals surface area contributed by atoms with E-state index in [-0.39, 0.29) is 5.78 Å². The molecule has 2 nitrogen and oxygen atoms in total. The third-order valence-electron chi connectivity index (χ3n) is 2.89. The highest BCUT2D eigenvalue weighted by Crippen LogP contribution is 2.34. The van der Waals surface area contributed by atoms with Crippen molar-refractivity contribution in [3.63, 3.8) is 0 Å². The summed E-state index contributed by atoms with van der Waals surface area (Å²) in [7, 11) is 0. The molecule has 0 bridgehead atoms. The summed E-state index contributed by atoms with van der Waals surface area (Å²) in [5, 5.41) is 0.593. The Morgan fingerprint density at radius 3 is 3.00 bits per heavy atom. The standard InChI is InChI=1S/C15H10ClNOS/c16-12-3-4-14-13(7-12)15(18)11(9-19-14)6-10-2-1-5-17-8-10/h1-8H,9H2/b11-6+. The predicted molar refractivity (Wildman–Crippen MR) is 78.7 cm³/mol. The van der Waals surface area contributed by atoms with Gasteiger partial charge in [-0.15, -0.1) is 11.8 Å². The summed E-state index contributed by atoms with van der Waals surface area (Å²) < 4.78 is 0. The number of aromatic nitrogens is 1. The number of carbonyl (C=O) groups excluding carboxylic acids is 1. The van der Waals surface area contributed by atoms with Crippen molar-refractivity contribution < 1.29 is 4.79 Å². The van der Waals surface area contributed by atoms with Crippen molar-refractivity contribution in [2.24, 2.45) is 0 Å². The Kier molecular flexibility index (Phi) is 3.40. The molecule has 0 atom stereocenters. The molecule has 94 valence electrons. The van der Waals surface area contributed by atoms with Gasteiger partial charge in [-0.25, -0.2) is 0 Å². The van der Waals surface area contributed by atoms with Crippen LogP contribution in [-0.2, 0) is 0 Å². The lowest BCUT2D eigenvalue weighted by Gasteiger charge is -2.17. The summed E-state index contributed by atoms with van der Waals surface area (Å²) in [5.74, 6) is 0.739. The molecule has 0 spiro atoms. The Balaban J connectivity index is 2.00. The molecule has 0 unspecified atom stereocenters. The van der Waals surface area contributed by atoms with Crippen molar-refractivity contribution in [3.05, 3.63) is 64.4 Å². The Morgan fingerprint density at radius 2 is 2.21 bits per heavy atom. The molecule has 0 saturated heterocycles. The first-order chi connectivity index (χ1) is 9.24. The molecule has 0 fully saturated rings. The van der Waals surface area contributed by atoms with Crippen LogP contribution in [0.1, 0.15) is 15.9 Å². The van der Waals surface area contributed by atoms with E-state index >= 15 is 0 Å². The van der Waals surface area contributed by atoms with E-state index in [9.17, 15) is 4.79 Å². The van der Waals surface area contributed by atoms with E-state index < -0.39 is 0 Å². The molecule has 0 N–H and O–H groups in total. The van der Waals surface area contributed by atoms with Crippen molar-refractivity contribution >= 4 is 35.2 Å². The summed E-state index contributed by atoms with van der Waals surface area (Å²) >= 11 is 7.62. The van der Waals surface area contributed by atoms with Crippen LogP contribution in [-0.4, -0.2) is 16.5 Å². The third-order valence-corrected chi connectivity index (χ3v) is 4.24. The third kappa shape index (κ3) is 2.57. The second-order valence-corrected chi connectivity index (χ2v) is 5.67. The fourth-order valence-electron chi connectivity index (χ4n) is 1.97. The maximum Gasteiger partial charge on any atom is 0.191 e. The van der Waals surface area contributed by atoms with Crippen LogP contribution in [0, 0.1) is 0 Å². The Labute approximate surface area is 120 Å². The molecular weight excluding hydrogens is 278 g/mol. The molecule has 4 heteroatoms. The van der Waals surface area contributed by atoms with Gasteiger partial charge in [-0.3, -0.25) is 9.78 Å². The number of fused-ring (bicyclic) bond motifs is 1. The van der Waals surface area contributed by atoms with E-state index in [1.165, 1.54) is 0 Å². The molecule has 1 aliphatic rings. The quantitative estimate of drug-likeness (QED) is 0.740. The molecule has 0 aliphatic carbocycles. The average molecular weight is 288 g/mol. The van der Waals surface area contributed by atoms with Crippen LogP contribution in [0.3, 0.4) is 0 Å². The van der Waals surface area contributed by atoms with Gasteiger partial charge < -0.3 is 0 Å². The maximum absolute atomic E-state index is 12.4. The molecule has 0 amide bonds. The number of benzene rings is 1. The minimum atomic E-state index is 0.0557. The molecule has 2 aromatic rings. The predicted octanol–water partition coefficient (Wildman–Crippen LogP) is 4.11. The van der Waals surface area contributed by atoms with E-state index in [1.807, 2.05) is 30.3 Å². The van der Waals surface area contributed by atoms with Crippen molar-refractivity contribution in [1.29, 1.82) is 0 Å². The lowest BCUT2D eigenvalue weighted by Crippen LogP contribution is -2.12. The molecular formula is C15H10ClNOS. The zero-order valence-corrected chi connectivity index (χ0v) is 11.5. The lowest BCUT2D eigenvalue weighted by atomic mass is 10.0. The van der Waals surface area contributed by atoms with E-state index in [0.717, 1.165) is 16.0 Å². The van der Waals surface area contributed by atoms with Crippen LogP contribution in [0.5, 0.6) is 0 Å². The van der Waals surface area contributed by atoms with Crippen LogP contribution >= 0.6 is 23.4 Å². The lowest BCUT2D eigenvalue weighted by molar-refractivity contribution is 0.103. The first-order valence-corrected chi connectivity index (χ1v) is 7.18. The molecule has 3 rings (SSSR count). The van der Waals surface area contributed by atoms with Gasteiger partial charge in [0.05, 0.1) is 0 Å². The topological polar surface area (TPSA) is 30.0 Å². The van der Waals surface area contributed by atoms with Gasteiger partial charge in [0, 0.05) is 39.2 Å². The highest BCUT2D eigenvalue weighted by molar-refractivity contribution is 7.99. The van der Waals surface area contributed by atoms with E-state index in [4.69, 9.17) is 11.6 Å². The number of hydrogen-bond acceptors (Lipinski definition) is 3. The summed E-state index contributed by atoms with van der Waals surface area (Å²) in [6, 6.07) is 9.25. The van der Waals surface area contributed by atoms with E-state index in [2.05, 4.69) is 4.98 Å². The largest absolute Gasteiger partial charge is 0.289 e. The Morgan fingerprint density at radius 1 is 1.32 bits per heavy atom. The second-order valence-electron chi connectivity index (χ2n) is 4.21. The number of hydrogen-bond donors (Lipinski definition) is 0. The van der Waals surface area contributed by atoms with E-state index in [1.54, 1.807) is 30.2 Å². The number of ketones is 1. The first-order valence-electron chi connectivity index (χ1n) is 5.82. The van der Waals surface area contributed by atoms with Crippen molar-refractivity contribution in [2.75, 3.05) is 5.75 Å². The second kappa shape index (κ2) is 5.19. The van der Waals surface area contributed by atoms with Crippen LogP contribution in [0.2, 0.25) is 5.02 Å². The molecule has 1 aromatic carbocycles. The highest BCUT2D eigenvalue weighted by atomic mass is 35.5. The molecule has 1 aliphatic heterocycles. The summed E-state index contributed by atoms with van der Waals surface area (Å²) in [6.45, 7) is 0. The summed E-state index contributed by atoms with van der Waals surface area (Å²) in [4.78, 5) is 17.5. The van der Waals surface area contributed by atoms with Gasteiger partial charge in [-0.1, -0.05) is 17.7 Å². The number of Topliss-reactive ketones (excluding diaryl/α,β-unsaturated/α-hetero) is 1. The maximum atomic E-state index is 12.4. The van der Waals surface area contributed by atoms with Crippen LogP contribution < -0.4 is 0 Å². The number of pyridine rings is 1. The van der Waals surface area contributed by atoms with Gasteiger partial charge in [0.1, 0.15) is 0 Å². The number of rotatable bonds is 1. The first kappa shape index (κ1) is 12.5. The molecule has 0 saturated carbocycles. The zero-order valence-electron chi connectivity index (χ0n) is 9.97. The normalized spacial score (nSPS) is 16.5. The van der Waals surface area contributed by atoms with Gasteiger partial charge in [0.2, 0.25) is 0 Å². The summed E-state index contributed by atoms with van der Waals surface area (Å²) in [5.41, 5.74) is 2.42. The monoisotopic (exact) mass is 287 g/mol. The molecule has 1 aromatic heterocycles. The van der Waals surface area contributed by atoms with Crippen molar-refractivity contribution in [1.82, 2.24) is 4.98 Å². The van der Waals surface area contributed by atoms with Gasteiger partial charge in [0.15, 0.2) is 5.78 Å². The zero-order chi connectivity index (χ0) is 13.2. The minimum absolute atomic E-state index is 0.0557. The fourth-order valence-corrected chi connectivity index (χ4v) is 3.14. The average Bonchev–Trinajstić information content (AvgIpc) is 2.44. The molecule has 0 radical (unpaired) electrons. The Bertz CT molecular complexity index is 667. The molecule has 19 heavy (non-hydrogen) atoms.